The second-order valence-corrected chi connectivity index (χ2v) is 4.32. The van der Waals surface area contributed by atoms with Gasteiger partial charge in [0.1, 0.15) is 5.71 Å². The normalized spacial score (nSPS) is 16.9. The van der Waals surface area contributed by atoms with E-state index in [9.17, 15) is 0 Å². The maximum absolute atomic E-state index is 5.37. The first-order valence-electron chi connectivity index (χ1n) is 5.64. The first-order valence-corrected chi connectivity index (χ1v) is 5.64. The Morgan fingerprint density at radius 1 is 1.38 bits per heavy atom. The minimum atomic E-state index is 0.751. The molecule has 3 nitrogen and oxygen atoms in total. The smallest absolute Gasteiger partial charge is 0.108 e. The van der Waals surface area contributed by atoms with Crippen molar-refractivity contribution in [1.29, 1.82) is 0 Å². The molecule has 1 aromatic carbocycles. The largest absolute Gasteiger partial charge is 0.323 e. The summed E-state index contributed by atoms with van der Waals surface area (Å²) in [6.45, 7) is 2.97. The summed E-state index contributed by atoms with van der Waals surface area (Å²) in [6, 6.07) is 8.14. The molecule has 3 heteroatoms. The third-order valence-corrected chi connectivity index (χ3v) is 2.76. The molecule has 1 aliphatic rings. The van der Waals surface area contributed by atoms with Gasteiger partial charge in [-0.05, 0) is 25.7 Å². The minimum Gasteiger partial charge on any atom is -0.323 e. The number of aryl methyl sites for hydroxylation is 1. The molecular weight excluding hydrogens is 198 g/mol. The van der Waals surface area contributed by atoms with Crippen molar-refractivity contribution < 1.29 is 0 Å². The Balaban J connectivity index is 2.03. The van der Waals surface area contributed by atoms with E-state index in [-0.39, 0.29) is 0 Å². The molecule has 1 aromatic rings. The molecule has 0 amide bonds. The van der Waals surface area contributed by atoms with E-state index in [4.69, 9.17) is 5.84 Å². The first-order chi connectivity index (χ1) is 7.79. The Labute approximate surface area is 96.1 Å². The molecule has 1 fully saturated rings. The highest BCUT2D eigenvalue weighted by Gasteiger charge is 2.19. The zero-order chi connectivity index (χ0) is 11.4. The summed E-state index contributed by atoms with van der Waals surface area (Å²) < 4.78 is 0. The van der Waals surface area contributed by atoms with Crippen molar-refractivity contribution in [3.63, 3.8) is 0 Å². The van der Waals surface area contributed by atoms with Gasteiger partial charge >= 0.3 is 0 Å². The molecule has 0 aliphatic heterocycles. The molecule has 0 unspecified atom stereocenters. The number of aliphatic imine (C=N–C) groups is 1. The topological polar surface area (TPSA) is 50.7 Å². The average molecular weight is 215 g/mol. The van der Waals surface area contributed by atoms with E-state index in [0.29, 0.717) is 0 Å². The first kappa shape index (κ1) is 10.9. The van der Waals surface area contributed by atoms with Crippen molar-refractivity contribution in [2.24, 2.45) is 21.9 Å². The van der Waals surface area contributed by atoms with Crippen molar-refractivity contribution >= 4 is 11.9 Å². The lowest BCUT2D eigenvalue weighted by atomic mass is 10.1. The third-order valence-electron chi connectivity index (χ3n) is 2.76. The molecule has 1 saturated carbocycles. The number of nitrogens with two attached hydrogens (primary N) is 1. The lowest BCUT2D eigenvalue weighted by Gasteiger charge is -2.00. The van der Waals surface area contributed by atoms with Gasteiger partial charge in [0.25, 0.3) is 0 Å². The van der Waals surface area contributed by atoms with Gasteiger partial charge in [-0.15, -0.1) is 0 Å². The molecule has 0 atom stereocenters. The van der Waals surface area contributed by atoms with Gasteiger partial charge in [0.05, 0.1) is 0 Å². The zero-order valence-electron chi connectivity index (χ0n) is 9.56. The molecule has 0 bridgehead atoms. The van der Waals surface area contributed by atoms with Crippen LogP contribution in [0.2, 0.25) is 0 Å². The van der Waals surface area contributed by atoms with E-state index >= 15 is 0 Å². The Bertz CT molecular complexity index is 400. The van der Waals surface area contributed by atoms with Crippen LogP contribution in [-0.2, 0) is 0 Å². The third kappa shape index (κ3) is 2.92. The van der Waals surface area contributed by atoms with E-state index in [1.165, 1.54) is 18.4 Å². The molecular formula is C13H17N3. The minimum absolute atomic E-state index is 0.751. The van der Waals surface area contributed by atoms with Crippen LogP contribution in [0.1, 0.15) is 24.0 Å². The molecule has 84 valence electrons. The average Bonchev–Trinajstić information content (AvgIpc) is 3.10. The predicted molar refractivity (Wildman–Crippen MR) is 68.0 cm³/mol. The van der Waals surface area contributed by atoms with Crippen LogP contribution in [0.4, 0.5) is 0 Å². The van der Waals surface area contributed by atoms with Gasteiger partial charge in [0.15, 0.2) is 0 Å². The van der Waals surface area contributed by atoms with E-state index < -0.39 is 0 Å². The highest BCUT2D eigenvalue weighted by atomic mass is 15.1. The van der Waals surface area contributed by atoms with Gasteiger partial charge in [-0.3, -0.25) is 4.99 Å². The Hall–Kier alpha value is -1.64. The summed E-state index contributed by atoms with van der Waals surface area (Å²) in [4.78, 5) is 4.37. The van der Waals surface area contributed by atoms with Gasteiger partial charge in [-0.2, -0.15) is 5.10 Å². The van der Waals surface area contributed by atoms with Crippen LogP contribution >= 0.6 is 0 Å². The number of hydrazone groups is 1. The Morgan fingerprint density at radius 2 is 2.06 bits per heavy atom. The lowest BCUT2D eigenvalue weighted by Crippen LogP contribution is -2.06. The van der Waals surface area contributed by atoms with Crippen LogP contribution in [-0.4, -0.2) is 18.5 Å². The number of benzene rings is 1. The van der Waals surface area contributed by atoms with Crippen LogP contribution < -0.4 is 5.84 Å². The van der Waals surface area contributed by atoms with E-state index in [1.54, 1.807) is 6.21 Å². The highest BCUT2D eigenvalue weighted by Crippen LogP contribution is 2.28. The summed E-state index contributed by atoms with van der Waals surface area (Å²) in [5.74, 6) is 6.17. The summed E-state index contributed by atoms with van der Waals surface area (Å²) in [5, 5.41) is 3.77. The van der Waals surface area contributed by atoms with Crippen molar-refractivity contribution in [3.8, 4) is 0 Å². The predicted octanol–water partition coefficient (Wildman–Crippen LogP) is 2.14. The second-order valence-electron chi connectivity index (χ2n) is 4.32. The highest BCUT2D eigenvalue weighted by molar-refractivity contribution is 6.38. The molecule has 1 aliphatic carbocycles. The van der Waals surface area contributed by atoms with Crippen LogP contribution in [0.5, 0.6) is 0 Å². The van der Waals surface area contributed by atoms with E-state index in [2.05, 4.69) is 29.2 Å². The van der Waals surface area contributed by atoms with Crippen LogP contribution in [0.25, 0.3) is 0 Å². The number of nitrogens with zero attached hydrogens (tertiary/aromatic N) is 2. The monoisotopic (exact) mass is 215 g/mol. The van der Waals surface area contributed by atoms with Crippen LogP contribution in [0, 0.1) is 12.8 Å². The van der Waals surface area contributed by atoms with Crippen molar-refractivity contribution in [2.75, 3.05) is 6.54 Å². The van der Waals surface area contributed by atoms with E-state index in [1.807, 2.05) is 12.1 Å². The maximum atomic E-state index is 5.37. The molecule has 0 heterocycles. The summed E-state index contributed by atoms with van der Waals surface area (Å²) >= 11 is 0. The molecule has 0 radical (unpaired) electrons. The van der Waals surface area contributed by atoms with Crippen molar-refractivity contribution in [1.82, 2.24) is 0 Å². The quantitative estimate of drug-likeness (QED) is 0.467. The molecule has 2 N–H and O–H groups in total. The lowest BCUT2D eigenvalue weighted by molar-refractivity contribution is 0.853. The van der Waals surface area contributed by atoms with Crippen LogP contribution in [0.15, 0.2) is 34.4 Å². The summed E-state index contributed by atoms with van der Waals surface area (Å²) in [6.07, 6.45) is 4.41. The van der Waals surface area contributed by atoms with Gasteiger partial charge < -0.3 is 5.84 Å². The second kappa shape index (κ2) is 4.92. The Morgan fingerprint density at radius 3 is 2.62 bits per heavy atom. The standard InChI is InChI=1S/C13H17N3/c1-10-2-6-12(7-3-10)13(16-14)9-15-8-11-4-5-11/h2-3,6-7,9,11H,4-5,8,14H2,1H3/b15-9?,16-13+. The fraction of sp³-hybridized carbons (Fsp3) is 0.385. The summed E-state index contributed by atoms with van der Waals surface area (Å²) in [5.41, 5.74) is 3.00. The number of hydrogen-bond acceptors (Lipinski definition) is 3. The Kier molecular flexibility index (Phi) is 3.34. The van der Waals surface area contributed by atoms with Gasteiger partial charge in [-0.25, -0.2) is 0 Å². The van der Waals surface area contributed by atoms with Crippen molar-refractivity contribution in [3.05, 3.63) is 35.4 Å². The van der Waals surface area contributed by atoms with E-state index in [0.717, 1.165) is 23.7 Å². The van der Waals surface area contributed by atoms with Crippen LogP contribution in [0.3, 0.4) is 0 Å². The fourth-order valence-electron chi connectivity index (χ4n) is 1.50. The molecule has 2 rings (SSSR count). The zero-order valence-corrected chi connectivity index (χ0v) is 9.56. The number of rotatable bonds is 4. The molecule has 16 heavy (non-hydrogen) atoms. The van der Waals surface area contributed by atoms with Gasteiger partial charge in [-0.1, -0.05) is 29.8 Å². The SMILES string of the molecule is Cc1ccc(/C(C=NCC2CC2)=N/N)cc1. The fourth-order valence-corrected chi connectivity index (χ4v) is 1.50. The van der Waals surface area contributed by atoms with Gasteiger partial charge in [0.2, 0.25) is 0 Å². The molecule has 0 saturated heterocycles. The summed E-state index contributed by atoms with van der Waals surface area (Å²) in [7, 11) is 0. The van der Waals surface area contributed by atoms with Crippen molar-refractivity contribution in [2.45, 2.75) is 19.8 Å². The molecule has 0 aromatic heterocycles. The number of hydrogen-bond donors (Lipinski definition) is 1. The molecule has 0 spiro atoms. The van der Waals surface area contributed by atoms with Gasteiger partial charge in [0, 0.05) is 18.3 Å². The maximum Gasteiger partial charge on any atom is 0.108 e.